The summed E-state index contributed by atoms with van der Waals surface area (Å²) < 4.78 is 20.3. The normalized spacial score (nSPS) is 11.8. The lowest BCUT2D eigenvalue weighted by molar-refractivity contribution is -0.0566. The molecular formula is C11H20O5. The smallest absolute Gasteiger partial charge is 0.111 e. The van der Waals surface area contributed by atoms with E-state index in [1.54, 1.807) is 0 Å². The Bertz CT molecular complexity index is 172. The van der Waals surface area contributed by atoms with Crippen molar-refractivity contribution in [2.45, 2.75) is 6.10 Å². The van der Waals surface area contributed by atoms with Crippen molar-refractivity contribution < 1.29 is 24.1 Å². The maximum absolute atomic E-state index is 8.97. The number of aliphatic hydroxyl groups excluding tert-OH is 1. The molecule has 0 aromatic rings. The molecule has 5 heteroatoms. The van der Waals surface area contributed by atoms with Crippen LogP contribution < -0.4 is 0 Å². The molecular weight excluding hydrogens is 212 g/mol. The van der Waals surface area contributed by atoms with Gasteiger partial charge < -0.3 is 24.1 Å². The van der Waals surface area contributed by atoms with Crippen LogP contribution in [0.5, 0.6) is 0 Å². The summed E-state index contributed by atoms with van der Waals surface area (Å²) in [5.74, 6) is 0. The zero-order chi connectivity index (χ0) is 12.1. The van der Waals surface area contributed by atoms with E-state index < -0.39 is 0 Å². The molecule has 1 atom stereocenters. The summed E-state index contributed by atoms with van der Waals surface area (Å²) in [5, 5.41) is 8.97. The van der Waals surface area contributed by atoms with Crippen LogP contribution in [-0.4, -0.2) is 50.9 Å². The lowest BCUT2D eigenvalue weighted by Crippen LogP contribution is -2.26. The first-order chi connectivity index (χ1) is 7.85. The van der Waals surface area contributed by atoms with E-state index in [9.17, 15) is 0 Å². The predicted molar refractivity (Wildman–Crippen MR) is 59.9 cm³/mol. The van der Waals surface area contributed by atoms with E-state index in [4.69, 9.17) is 24.1 Å². The Morgan fingerprint density at radius 1 is 1.00 bits per heavy atom. The van der Waals surface area contributed by atoms with Crippen LogP contribution in [0.25, 0.3) is 0 Å². The summed E-state index contributed by atoms with van der Waals surface area (Å²) in [4.78, 5) is 0. The second-order valence-electron chi connectivity index (χ2n) is 2.83. The van der Waals surface area contributed by atoms with Gasteiger partial charge in [-0.25, -0.2) is 0 Å². The largest absolute Gasteiger partial charge is 0.499 e. The highest BCUT2D eigenvalue weighted by atomic mass is 16.6. The molecule has 0 aromatic heterocycles. The summed E-state index contributed by atoms with van der Waals surface area (Å²) in [6, 6.07) is 0. The molecule has 0 bridgehead atoms. The van der Waals surface area contributed by atoms with Gasteiger partial charge in [0.2, 0.25) is 0 Å². The molecule has 16 heavy (non-hydrogen) atoms. The lowest BCUT2D eigenvalue weighted by Gasteiger charge is -2.15. The van der Waals surface area contributed by atoms with Gasteiger partial charge in [-0.2, -0.15) is 0 Å². The van der Waals surface area contributed by atoms with Gasteiger partial charge in [0.25, 0.3) is 0 Å². The molecule has 0 aliphatic heterocycles. The average molecular weight is 232 g/mol. The third-order valence-electron chi connectivity index (χ3n) is 1.64. The lowest BCUT2D eigenvalue weighted by atomic mass is 10.4. The van der Waals surface area contributed by atoms with Crippen LogP contribution in [0, 0.1) is 0 Å². The molecule has 0 aliphatic carbocycles. The Labute approximate surface area is 96.3 Å². The van der Waals surface area contributed by atoms with Gasteiger partial charge in [-0.1, -0.05) is 13.2 Å². The van der Waals surface area contributed by atoms with Gasteiger partial charge in [0.05, 0.1) is 39.0 Å². The summed E-state index contributed by atoms with van der Waals surface area (Å²) in [6.07, 6.45) is 2.37. The fraction of sp³-hybridized carbons (Fsp3) is 0.636. The molecule has 1 unspecified atom stereocenters. The Morgan fingerprint density at radius 3 is 2.19 bits per heavy atom. The van der Waals surface area contributed by atoms with Crippen molar-refractivity contribution in [3.8, 4) is 0 Å². The Morgan fingerprint density at radius 2 is 1.62 bits per heavy atom. The number of hydrogen-bond donors (Lipinski definition) is 1. The molecule has 94 valence electrons. The highest BCUT2D eigenvalue weighted by Gasteiger charge is 2.07. The Balaban J connectivity index is 3.35. The minimum absolute atomic E-state index is 0.0869. The topological polar surface area (TPSA) is 57.2 Å². The maximum atomic E-state index is 8.97. The van der Waals surface area contributed by atoms with Crippen LogP contribution in [0.3, 0.4) is 0 Å². The predicted octanol–water partition coefficient (Wildman–Crippen LogP) is 0.701. The van der Waals surface area contributed by atoms with Crippen molar-refractivity contribution in [2.24, 2.45) is 0 Å². The molecule has 0 heterocycles. The van der Waals surface area contributed by atoms with Crippen molar-refractivity contribution in [1.82, 2.24) is 0 Å². The molecule has 1 N–H and O–H groups in total. The fourth-order valence-electron chi connectivity index (χ4n) is 0.905. The van der Waals surface area contributed by atoms with Crippen LogP contribution in [0.1, 0.15) is 0 Å². The zero-order valence-electron chi connectivity index (χ0n) is 9.47. The van der Waals surface area contributed by atoms with E-state index in [1.807, 2.05) is 0 Å². The van der Waals surface area contributed by atoms with Crippen molar-refractivity contribution in [3.05, 3.63) is 25.7 Å². The Kier molecular flexibility index (Phi) is 11.2. The summed E-state index contributed by atoms with van der Waals surface area (Å²) in [6.45, 7) is 8.74. The van der Waals surface area contributed by atoms with Gasteiger partial charge in [-0.3, -0.25) is 0 Å². The number of ether oxygens (including phenoxy) is 4. The first-order valence-corrected chi connectivity index (χ1v) is 5.10. The molecule has 0 radical (unpaired) electrons. The van der Waals surface area contributed by atoms with Crippen molar-refractivity contribution >= 4 is 0 Å². The van der Waals surface area contributed by atoms with Gasteiger partial charge in [0.1, 0.15) is 19.3 Å². The quantitative estimate of drug-likeness (QED) is 0.396. The number of hydrogen-bond acceptors (Lipinski definition) is 5. The molecule has 0 aromatic carbocycles. The van der Waals surface area contributed by atoms with E-state index in [0.29, 0.717) is 33.0 Å². The van der Waals surface area contributed by atoms with Crippen LogP contribution in [-0.2, 0) is 18.9 Å². The van der Waals surface area contributed by atoms with E-state index in [-0.39, 0.29) is 12.7 Å². The highest BCUT2D eigenvalue weighted by molar-refractivity contribution is 4.55. The van der Waals surface area contributed by atoms with Crippen LogP contribution >= 0.6 is 0 Å². The SMILES string of the molecule is C=COCCOCC(CO)OCCOC=C. The monoisotopic (exact) mass is 232 g/mol. The van der Waals surface area contributed by atoms with Gasteiger partial charge in [-0.15, -0.1) is 0 Å². The standard InChI is InChI=1S/C11H20O5/c1-3-13-5-6-15-10-11(9-12)16-8-7-14-4-2/h3-4,11-12H,1-2,5-10H2. The molecule has 0 spiro atoms. The summed E-state index contributed by atoms with van der Waals surface area (Å²) in [5.41, 5.74) is 0. The van der Waals surface area contributed by atoms with Crippen molar-refractivity contribution in [3.63, 3.8) is 0 Å². The fourth-order valence-corrected chi connectivity index (χ4v) is 0.905. The summed E-state index contributed by atoms with van der Waals surface area (Å²) >= 11 is 0. The van der Waals surface area contributed by atoms with E-state index in [2.05, 4.69) is 13.2 Å². The molecule has 0 saturated heterocycles. The van der Waals surface area contributed by atoms with Gasteiger partial charge in [-0.05, 0) is 0 Å². The van der Waals surface area contributed by atoms with Crippen LogP contribution in [0.15, 0.2) is 25.7 Å². The first-order valence-electron chi connectivity index (χ1n) is 5.10. The number of rotatable bonds is 12. The second kappa shape index (κ2) is 12.0. The van der Waals surface area contributed by atoms with Gasteiger partial charge in [0, 0.05) is 0 Å². The van der Waals surface area contributed by atoms with Crippen LogP contribution in [0.2, 0.25) is 0 Å². The molecule has 0 rings (SSSR count). The van der Waals surface area contributed by atoms with Gasteiger partial charge in [0.15, 0.2) is 0 Å². The minimum atomic E-state index is -0.336. The third-order valence-corrected chi connectivity index (χ3v) is 1.64. The molecule has 5 nitrogen and oxygen atoms in total. The molecule has 0 aliphatic rings. The highest BCUT2D eigenvalue weighted by Crippen LogP contribution is 1.93. The zero-order valence-corrected chi connectivity index (χ0v) is 9.47. The van der Waals surface area contributed by atoms with Crippen molar-refractivity contribution in [2.75, 3.05) is 39.6 Å². The number of aliphatic hydroxyl groups is 1. The van der Waals surface area contributed by atoms with E-state index in [1.165, 1.54) is 12.5 Å². The van der Waals surface area contributed by atoms with Gasteiger partial charge >= 0.3 is 0 Å². The van der Waals surface area contributed by atoms with E-state index >= 15 is 0 Å². The molecule has 0 amide bonds. The molecule has 0 fully saturated rings. The van der Waals surface area contributed by atoms with Crippen molar-refractivity contribution in [1.29, 1.82) is 0 Å². The summed E-state index contributed by atoms with van der Waals surface area (Å²) in [7, 11) is 0. The Hall–Kier alpha value is -1.04. The van der Waals surface area contributed by atoms with Crippen LogP contribution in [0.4, 0.5) is 0 Å². The first kappa shape index (κ1) is 15.0. The third kappa shape index (κ3) is 9.51. The average Bonchev–Trinajstić information content (AvgIpc) is 2.31. The minimum Gasteiger partial charge on any atom is -0.499 e. The second-order valence-corrected chi connectivity index (χ2v) is 2.83. The maximum Gasteiger partial charge on any atom is 0.111 e. The van der Waals surface area contributed by atoms with E-state index in [0.717, 1.165) is 0 Å². The molecule has 0 saturated carbocycles.